The van der Waals surface area contributed by atoms with Crippen molar-refractivity contribution in [1.29, 1.82) is 0 Å². The quantitative estimate of drug-likeness (QED) is 0.622. The van der Waals surface area contributed by atoms with Gasteiger partial charge in [-0.25, -0.2) is 15.8 Å². The van der Waals surface area contributed by atoms with Crippen LogP contribution in [-0.2, 0) is 0 Å². The van der Waals surface area contributed by atoms with Gasteiger partial charge in [0.1, 0.15) is 0 Å². The highest BCUT2D eigenvalue weighted by molar-refractivity contribution is 5.77. The van der Waals surface area contributed by atoms with Crippen molar-refractivity contribution in [3.05, 3.63) is 24.3 Å². The minimum Gasteiger partial charge on any atom is -0.475 e. The number of hydrogen-bond donors (Lipinski definition) is 2. The Balaban J connectivity index is 2.38. The van der Waals surface area contributed by atoms with Crippen molar-refractivity contribution in [3.63, 3.8) is 0 Å². The van der Waals surface area contributed by atoms with Gasteiger partial charge in [0.25, 0.3) is 5.88 Å². The lowest BCUT2D eigenvalue weighted by Crippen LogP contribution is -2.13. The largest absolute Gasteiger partial charge is 0.475 e. The minimum absolute atomic E-state index is 0.425. The second-order valence-electron chi connectivity index (χ2n) is 4.22. The third kappa shape index (κ3) is 2.62. The summed E-state index contributed by atoms with van der Waals surface area (Å²) in [7, 11) is 0. The molecular weight excluding hydrogens is 216 g/mol. The Morgan fingerprint density at radius 2 is 1.88 bits per heavy atom. The predicted octanol–water partition coefficient (Wildman–Crippen LogP) is 1.95. The van der Waals surface area contributed by atoms with Gasteiger partial charge in [-0.3, -0.25) is 0 Å². The number of nitrogen functional groups attached to an aromatic ring is 1. The van der Waals surface area contributed by atoms with Gasteiger partial charge in [0.05, 0.1) is 17.6 Å². The summed E-state index contributed by atoms with van der Waals surface area (Å²) in [6, 6.07) is 7.60. The fourth-order valence-electron chi connectivity index (χ4n) is 1.42. The molecule has 0 unspecified atom stereocenters. The van der Waals surface area contributed by atoms with Crippen molar-refractivity contribution < 1.29 is 4.74 Å². The first-order valence-electron chi connectivity index (χ1n) is 5.57. The molecule has 5 nitrogen and oxygen atoms in total. The number of benzene rings is 1. The van der Waals surface area contributed by atoms with Crippen LogP contribution in [0.15, 0.2) is 24.3 Å². The van der Waals surface area contributed by atoms with Gasteiger partial charge < -0.3 is 10.2 Å². The summed E-state index contributed by atoms with van der Waals surface area (Å²) in [4.78, 5) is 8.74. The van der Waals surface area contributed by atoms with Crippen molar-refractivity contribution in [3.8, 4) is 5.88 Å². The maximum atomic E-state index is 5.58. The maximum absolute atomic E-state index is 5.58. The van der Waals surface area contributed by atoms with E-state index in [0.717, 1.165) is 11.0 Å². The van der Waals surface area contributed by atoms with Gasteiger partial charge in [0.15, 0.2) is 0 Å². The highest BCUT2D eigenvalue weighted by Crippen LogP contribution is 2.22. The van der Waals surface area contributed by atoms with Gasteiger partial charge in [0, 0.05) is 0 Å². The predicted molar refractivity (Wildman–Crippen MR) is 67.7 cm³/mol. The van der Waals surface area contributed by atoms with Crippen LogP contribution in [0.4, 0.5) is 5.82 Å². The lowest BCUT2D eigenvalue weighted by molar-refractivity contribution is 0.262. The van der Waals surface area contributed by atoms with Gasteiger partial charge in [-0.1, -0.05) is 26.0 Å². The van der Waals surface area contributed by atoms with E-state index in [1.807, 2.05) is 24.3 Å². The Labute approximate surface area is 100.0 Å². The monoisotopic (exact) mass is 232 g/mol. The zero-order chi connectivity index (χ0) is 12.3. The summed E-state index contributed by atoms with van der Waals surface area (Å²) < 4.78 is 5.58. The average molecular weight is 232 g/mol. The molecule has 0 aliphatic rings. The third-order valence-corrected chi connectivity index (χ3v) is 2.23. The summed E-state index contributed by atoms with van der Waals surface area (Å²) in [5.74, 6) is 6.75. The minimum atomic E-state index is 0.425. The second kappa shape index (κ2) is 4.97. The van der Waals surface area contributed by atoms with Crippen LogP contribution < -0.4 is 16.0 Å². The molecule has 0 atom stereocenters. The number of ether oxygens (including phenoxy) is 1. The molecule has 2 rings (SSSR count). The van der Waals surface area contributed by atoms with Crippen LogP contribution in [0.25, 0.3) is 11.0 Å². The standard InChI is InChI=1S/C12H16N4O/c1-8(2)7-17-12-11(16-13)14-9-5-3-4-6-10(9)15-12/h3-6,8H,7,13H2,1-2H3,(H,14,16). The topological polar surface area (TPSA) is 73.1 Å². The number of aromatic nitrogens is 2. The molecule has 0 saturated carbocycles. The normalized spacial score (nSPS) is 10.8. The molecule has 0 bridgehead atoms. The van der Waals surface area contributed by atoms with Crippen LogP contribution in [0.5, 0.6) is 5.88 Å². The van der Waals surface area contributed by atoms with Crippen molar-refractivity contribution in [2.45, 2.75) is 13.8 Å². The Morgan fingerprint density at radius 3 is 2.47 bits per heavy atom. The third-order valence-electron chi connectivity index (χ3n) is 2.23. The van der Waals surface area contributed by atoms with Crippen molar-refractivity contribution in [1.82, 2.24) is 9.97 Å². The Hall–Kier alpha value is -1.88. The first-order valence-corrected chi connectivity index (χ1v) is 5.57. The van der Waals surface area contributed by atoms with Crippen LogP contribution >= 0.6 is 0 Å². The molecule has 0 spiro atoms. The first kappa shape index (κ1) is 11.6. The summed E-state index contributed by atoms with van der Waals surface area (Å²) in [6.45, 7) is 4.73. The molecule has 90 valence electrons. The van der Waals surface area contributed by atoms with Crippen molar-refractivity contribution in [2.75, 3.05) is 12.0 Å². The van der Waals surface area contributed by atoms with E-state index in [0.29, 0.717) is 24.2 Å². The highest BCUT2D eigenvalue weighted by Gasteiger charge is 2.09. The Bertz CT molecular complexity index is 513. The molecule has 1 heterocycles. The molecule has 0 aliphatic carbocycles. The molecule has 3 N–H and O–H groups in total. The molecule has 1 aromatic carbocycles. The van der Waals surface area contributed by atoms with E-state index in [1.54, 1.807) is 0 Å². The van der Waals surface area contributed by atoms with E-state index in [-0.39, 0.29) is 0 Å². The zero-order valence-electron chi connectivity index (χ0n) is 9.97. The van der Waals surface area contributed by atoms with Gasteiger partial charge in [0.2, 0.25) is 5.82 Å². The Morgan fingerprint density at radius 1 is 1.24 bits per heavy atom. The molecule has 0 radical (unpaired) electrons. The SMILES string of the molecule is CC(C)COc1nc2ccccc2nc1NN. The van der Waals surface area contributed by atoms with Gasteiger partial charge in [-0.15, -0.1) is 0 Å². The lowest BCUT2D eigenvalue weighted by Gasteiger charge is -2.11. The van der Waals surface area contributed by atoms with Crippen molar-refractivity contribution in [2.24, 2.45) is 11.8 Å². The molecule has 5 heteroatoms. The van der Waals surface area contributed by atoms with Crippen LogP contribution in [0, 0.1) is 5.92 Å². The number of nitrogens with one attached hydrogen (secondary N) is 1. The fourth-order valence-corrected chi connectivity index (χ4v) is 1.42. The number of nitrogens with two attached hydrogens (primary N) is 1. The van der Waals surface area contributed by atoms with E-state index in [1.165, 1.54) is 0 Å². The molecule has 0 saturated heterocycles. The molecule has 0 aliphatic heterocycles. The molecule has 2 aromatic rings. The molecular formula is C12H16N4O. The summed E-state index contributed by atoms with van der Waals surface area (Å²) in [5.41, 5.74) is 4.10. The van der Waals surface area contributed by atoms with E-state index < -0.39 is 0 Å². The smallest absolute Gasteiger partial charge is 0.259 e. The Kier molecular flexibility index (Phi) is 3.39. The van der Waals surface area contributed by atoms with Crippen LogP contribution in [0.2, 0.25) is 0 Å². The number of hydrogen-bond acceptors (Lipinski definition) is 5. The molecule has 0 fully saturated rings. The van der Waals surface area contributed by atoms with E-state index in [4.69, 9.17) is 10.6 Å². The average Bonchev–Trinajstić information content (AvgIpc) is 2.35. The highest BCUT2D eigenvalue weighted by atomic mass is 16.5. The zero-order valence-corrected chi connectivity index (χ0v) is 9.97. The molecule has 0 amide bonds. The van der Waals surface area contributed by atoms with E-state index >= 15 is 0 Å². The van der Waals surface area contributed by atoms with E-state index in [2.05, 4.69) is 29.2 Å². The van der Waals surface area contributed by atoms with Crippen molar-refractivity contribution >= 4 is 16.9 Å². The number of anilines is 1. The van der Waals surface area contributed by atoms with Crippen LogP contribution in [-0.4, -0.2) is 16.6 Å². The number of para-hydroxylation sites is 2. The number of rotatable bonds is 4. The maximum Gasteiger partial charge on any atom is 0.259 e. The van der Waals surface area contributed by atoms with E-state index in [9.17, 15) is 0 Å². The van der Waals surface area contributed by atoms with Gasteiger partial charge in [-0.2, -0.15) is 0 Å². The van der Waals surface area contributed by atoms with Crippen LogP contribution in [0.1, 0.15) is 13.8 Å². The summed E-state index contributed by atoms with van der Waals surface area (Å²) in [6.07, 6.45) is 0. The second-order valence-corrected chi connectivity index (χ2v) is 4.22. The number of nitrogens with zero attached hydrogens (tertiary/aromatic N) is 2. The lowest BCUT2D eigenvalue weighted by atomic mass is 10.2. The summed E-state index contributed by atoms with van der Waals surface area (Å²) in [5, 5.41) is 0. The van der Waals surface area contributed by atoms with Crippen LogP contribution in [0.3, 0.4) is 0 Å². The molecule has 17 heavy (non-hydrogen) atoms. The van der Waals surface area contributed by atoms with Gasteiger partial charge >= 0.3 is 0 Å². The first-order chi connectivity index (χ1) is 8.20. The number of fused-ring (bicyclic) bond motifs is 1. The summed E-state index contributed by atoms with van der Waals surface area (Å²) >= 11 is 0. The molecule has 1 aromatic heterocycles. The van der Waals surface area contributed by atoms with Gasteiger partial charge in [-0.05, 0) is 18.1 Å². The fraction of sp³-hybridized carbons (Fsp3) is 0.333. The number of hydrazine groups is 1.